The van der Waals surface area contributed by atoms with Crippen LogP contribution in [0.25, 0.3) is 5.69 Å². The van der Waals surface area contributed by atoms with Crippen LogP contribution in [0.2, 0.25) is 0 Å². The summed E-state index contributed by atoms with van der Waals surface area (Å²) < 4.78 is 19.8. The van der Waals surface area contributed by atoms with Gasteiger partial charge < -0.3 is 10.1 Å². The van der Waals surface area contributed by atoms with Crippen molar-refractivity contribution in [3.63, 3.8) is 0 Å². The maximum absolute atomic E-state index is 12.9. The number of halogens is 1. The number of nitrogens with zero attached hydrogens (tertiary/aromatic N) is 4. The molecule has 1 aliphatic rings. The van der Waals surface area contributed by atoms with E-state index in [4.69, 9.17) is 4.74 Å². The van der Waals surface area contributed by atoms with Crippen molar-refractivity contribution in [2.75, 3.05) is 44.7 Å². The van der Waals surface area contributed by atoms with Crippen molar-refractivity contribution in [3.05, 3.63) is 36.3 Å². The van der Waals surface area contributed by atoms with Crippen LogP contribution in [-0.4, -0.2) is 59.3 Å². The lowest BCUT2D eigenvalue weighted by atomic mass is 10.3. The SMILES string of the molecule is Fc1ccc(-n2cc(NCCN3CCOCC3)nn2)cc1. The van der Waals surface area contributed by atoms with Crippen LogP contribution in [-0.2, 0) is 4.74 Å². The van der Waals surface area contributed by atoms with Gasteiger partial charge in [-0.2, -0.15) is 0 Å². The largest absolute Gasteiger partial charge is 0.379 e. The first-order chi connectivity index (χ1) is 10.3. The van der Waals surface area contributed by atoms with Crippen molar-refractivity contribution in [2.45, 2.75) is 0 Å². The first-order valence-corrected chi connectivity index (χ1v) is 7.03. The lowest BCUT2D eigenvalue weighted by Crippen LogP contribution is -2.39. The minimum absolute atomic E-state index is 0.261. The summed E-state index contributed by atoms with van der Waals surface area (Å²) in [4.78, 5) is 2.35. The van der Waals surface area contributed by atoms with E-state index in [1.54, 1.807) is 23.0 Å². The number of morpholine rings is 1. The van der Waals surface area contributed by atoms with Gasteiger partial charge >= 0.3 is 0 Å². The molecule has 7 heteroatoms. The molecule has 1 saturated heterocycles. The summed E-state index contributed by atoms with van der Waals surface area (Å²) >= 11 is 0. The average Bonchev–Trinajstić information content (AvgIpc) is 2.98. The van der Waals surface area contributed by atoms with Gasteiger partial charge in [-0.05, 0) is 24.3 Å². The monoisotopic (exact) mass is 291 g/mol. The molecule has 0 unspecified atom stereocenters. The summed E-state index contributed by atoms with van der Waals surface area (Å²) in [6, 6.07) is 6.15. The third kappa shape index (κ3) is 3.77. The zero-order valence-corrected chi connectivity index (χ0v) is 11.7. The maximum Gasteiger partial charge on any atom is 0.169 e. The first-order valence-electron chi connectivity index (χ1n) is 7.03. The molecule has 1 N–H and O–H groups in total. The fourth-order valence-corrected chi connectivity index (χ4v) is 2.23. The van der Waals surface area contributed by atoms with Crippen LogP contribution in [0.15, 0.2) is 30.5 Å². The van der Waals surface area contributed by atoms with E-state index in [0.717, 1.165) is 45.1 Å². The predicted molar refractivity (Wildman–Crippen MR) is 77.1 cm³/mol. The highest BCUT2D eigenvalue weighted by atomic mass is 19.1. The van der Waals surface area contributed by atoms with E-state index >= 15 is 0 Å². The fraction of sp³-hybridized carbons (Fsp3) is 0.429. The van der Waals surface area contributed by atoms with Crippen molar-refractivity contribution in [2.24, 2.45) is 0 Å². The molecule has 3 rings (SSSR count). The minimum Gasteiger partial charge on any atom is -0.379 e. The molecule has 1 aromatic heterocycles. The summed E-state index contributed by atoms with van der Waals surface area (Å²) in [5.74, 6) is 0.454. The topological polar surface area (TPSA) is 55.2 Å². The van der Waals surface area contributed by atoms with Gasteiger partial charge in [-0.25, -0.2) is 9.07 Å². The van der Waals surface area contributed by atoms with E-state index in [9.17, 15) is 4.39 Å². The van der Waals surface area contributed by atoms with E-state index in [1.165, 1.54) is 12.1 Å². The highest BCUT2D eigenvalue weighted by molar-refractivity contribution is 5.36. The number of benzene rings is 1. The van der Waals surface area contributed by atoms with E-state index in [0.29, 0.717) is 5.82 Å². The maximum atomic E-state index is 12.9. The van der Waals surface area contributed by atoms with Crippen LogP contribution < -0.4 is 5.32 Å². The summed E-state index contributed by atoms with van der Waals surface area (Å²) in [5.41, 5.74) is 0.783. The second kappa shape index (κ2) is 6.64. The van der Waals surface area contributed by atoms with Crippen LogP contribution in [0.4, 0.5) is 10.2 Å². The third-order valence-corrected chi connectivity index (χ3v) is 3.42. The molecule has 1 aliphatic heterocycles. The third-order valence-electron chi connectivity index (χ3n) is 3.42. The second-order valence-electron chi connectivity index (χ2n) is 4.91. The van der Waals surface area contributed by atoms with E-state index in [-0.39, 0.29) is 5.82 Å². The average molecular weight is 291 g/mol. The molecule has 21 heavy (non-hydrogen) atoms. The van der Waals surface area contributed by atoms with Gasteiger partial charge in [0, 0.05) is 26.2 Å². The van der Waals surface area contributed by atoms with Crippen LogP contribution in [0.5, 0.6) is 0 Å². The predicted octanol–water partition coefficient (Wildman–Crippen LogP) is 1.15. The second-order valence-corrected chi connectivity index (χ2v) is 4.91. The highest BCUT2D eigenvalue weighted by Crippen LogP contribution is 2.10. The zero-order valence-electron chi connectivity index (χ0n) is 11.7. The summed E-state index contributed by atoms with van der Waals surface area (Å²) in [6.07, 6.45) is 1.80. The molecule has 0 atom stereocenters. The molecule has 2 aromatic rings. The molecule has 0 aliphatic carbocycles. The van der Waals surface area contributed by atoms with Crippen LogP contribution >= 0.6 is 0 Å². The number of rotatable bonds is 5. The minimum atomic E-state index is -0.261. The normalized spacial score (nSPS) is 16.0. The number of nitrogens with one attached hydrogen (secondary N) is 1. The Morgan fingerprint density at radius 1 is 1.19 bits per heavy atom. The van der Waals surface area contributed by atoms with E-state index < -0.39 is 0 Å². The lowest BCUT2D eigenvalue weighted by molar-refractivity contribution is 0.0398. The fourth-order valence-electron chi connectivity index (χ4n) is 2.23. The van der Waals surface area contributed by atoms with Gasteiger partial charge in [0.05, 0.1) is 25.1 Å². The molecule has 112 valence electrons. The highest BCUT2D eigenvalue weighted by Gasteiger charge is 2.09. The van der Waals surface area contributed by atoms with Gasteiger partial charge in [0.25, 0.3) is 0 Å². The van der Waals surface area contributed by atoms with Crippen molar-refractivity contribution in [3.8, 4) is 5.69 Å². The molecule has 0 spiro atoms. The van der Waals surface area contributed by atoms with Crippen LogP contribution in [0.3, 0.4) is 0 Å². The molecule has 2 heterocycles. The number of hydrogen-bond donors (Lipinski definition) is 1. The Labute approximate surface area is 122 Å². The lowest BCUT2D eigenvalue weighted by Gasteiger charge is -2.26. The van der Waals surface area contributed by atoms with E-state index in [2.05, 4.69) is 20.5 Å². The van der Waals surface area contributed by atoms with Crippen molar-refractivity contribution >= 4 is 5.82 Å². The van der Waals surface area contributed by atoms with Gasteiger partial charge in [0.15, 0.2) is 5.82 Å². The standard InChI is InChI=1S/C14H18FN5O/c15-12-1-3-13(4-2-12)20-11-14(17-18-20)16-5-6-19-7-9-21-10-8-19/h1-4,11,16H,5-10H2. The van der Waals surface area contributed by atoms with Crippen molar-refractivity contribution in [1.29, 1.82) is 0 Å². The molecule has 6 nitrogen and oxygen atoms in total. The molecule has 0 amide bonds. The number of hydrogen-bond acceptors (Lipinski definition) is 5. The molecule has 0 radical (unpaired) electrons. The molecular formula is C14H18FN5O. The Hall–Kier alpha value is -1.99. The quantitative estimate of drug-likeness (QED) is 0.895. The summed E-state index contributed by atoms with van der Waals surface area (Å²) in [6.45, 7) is 5.32. The summed E-state index contributed by atoms with van der Waals surface area (Å²) in [5, 5.41) is 11.3. The van der Waals surface area contributed by atoms with Gasteiger partial charge in [-0.1, -0.05) is 5.21 Å². The smallest absolute Gasteiger partial charge is 0.169 e. The first kappa shape index (κ1) is 14.0. The Kier molecular flexibility index (Phi) is 4.42. The number of anilines is 1. The molecule has 1 fully saturated rings. The molecule has 0 saturated carbocycles. The van der Waals surface area contributed by atoms with Gasteiger partial charge in [0.1, 0.15) is 5.82 Å². The molecule has 1 aromatic carbocycles. The number of aromatic nitrogens is 3. The van der Waals surface area contributed by atoms with Crippen LogP contribution in [0, 0.1) is 5.82 Å². The van der Waals surface area contributed by atoms with E-state index in [1.807, 2.05) is 0 Å². The molecule has 0 bridgehead atoms. The van der Waals surface area contributed by atoms with Gasteiger partial charge in [-0.3, -0.25) is 4.90 Å². The Morgan fingerprint density at radius 2 is 1.95 bits per heavy atom. The van der Waals surface area contributed by atoms with Crippen molar-refractivity contribution in [1.82, 2.24) is 19.9 Å². The van der Waals surface area contributed by atoms with Gasteiger partial charge in [-0.15, -0.1) is 5.10 Å². The Balaban J connectivity index is 1.51. The van der Waals surface area contributed by atoms with Gasteiger partial charge in [0.2, 0.25) is 0 Å². The zero-order chi connectivity index (χ0) is 14.5. The molecular weight excluding hydrogens is 273 g/mol. The van der Waals surface area contributed by atoms with Crippen LogP contribution in [0.1, 0.15) is 0 Å². The Morgan fingerprint density at radius 3 is 2.71 bits per heavy atom. The van der Waals surface area contributed by atoms with Crippen molar-refractivity contribution < 1.29 is 9.13 Å². The Bertz CT molecular complexity index is 565. The number of ether oxygens (including phenoxy) is 1. The summed E-state index contributed by atoms with van der Waals surface area (Å²) in [7, 11) is 0.